The highest BCUT2D eigenvalue weighted by Crippen LogP contribution is 2.26. The van der Waals surface area contributed by atoms with Gasteiger partial charge >= 0.3 is 0 Å². The highest BCUT2D eigenvalue weighted by Gasteiger charge is 2.20. The molecular formula is C11H23N3O. The Morgan fingerprint density at radius 3 is 2.53 bits per heavy atom. The van der Waals surface area contributed by atoms with Gasteiger partial charge in [-0.3, -0.25) is 4.79 Å². The molecule has 0 radical (unpaired) electrons. The van der Waals surface area contributed by atoms with Crippen LogP contribution in [0.5, 0.6) is 0 Å². The number of rotatable bonds is 5. The van der Waals surface area contributed by atoms with Crippen molar-refractivity contribution in [3.63, 3.8) is 0 Å². The maximum atomic E-state index is 10.7. The van der Waals surface area contributed by atoms with Crippen LogP contribution in [-0.4, -0.2) is 24.5 Å². The van der Waals surface area contributed by atoms with Crippen LogP contribution in [0.2, 0.25) is 0 Å². The number of amides is 1. The maximum Gasteiger partial charge on any atom is 0.235 e. The van der Waals surface area contributed by atoms with E-state index in [-0.39, 0.29) is 0 Å². The molecule has 1 saturated carbocycles. The van der Waals surface area contributed by atoms with Crippen LogP contribution in [0.15, 0.2) is 0 Å². The van der Waals surface area contributed by atoms with Crippen molar-refractivity contribution in [1.82, 2.24) is 5.32 Å². The van der Waals surface area contributed by atoms with Crippen LogP contribution >= 0.6 is 0 Å². The molecule has 0 aromatic rings. The molecule has 1 unspecified atom stereocenters. The molecule has 4 heteroatoms. The van der Waals surface area contributed by atoms with Crippen LogP contribution in [0.3, 0.4) is 0 Å². The predicted molar refractivity (Wildman–Crippen MR) is 61.2 cm³/mol. The van der Waals surface area contributed by atoms with Crippen molar-refractivity contribution in [3.8, 4) is 0 Å². The molecule has 2 atom stereocenters. The van der Waals surface area contributed by atoms with E-state index in [0.717, 1.165) is 5.92 Å². The SMILES string of the molecule is C[C@H](NCC(N)C(N)=O)C1CCCCC1. The van der Waals surface area contributed by atoms with Gasteiger partial charge in [0.2, 0.25) is 5.91 Å². The van der Waals surface area contributed by atoms with Gasteiger partial charge in [0, 0.05) is 12.6 Å². The van der Waals surface area contributed by atoms with E-state index < -0.39 is 11.9 Å². The summed E-state index contributed by atoms with van der Waals surface area (Å²) in [6.07, 6.45) is 6.61. The largest absolute Gasteiger partial charge is 0.368 e. The lowest BCUT2D eigenvalue weighted by atomic mass is 9.84. The minimum absolute atomic E-state index is 0.432. The van der Waals surface area contributed by atoms with E-state index in [2.05, 4.69) is 12.2 Å². The smallest absolute Gasteiger partial charge is 0.235 e. The van der Waals surface area contributed by atoms with Crippen LogP contribution in [0.25, 0.3) is 0 Å². The molecule has 0 aliphatic heterocycles. The number of primary amides is 1. The molecule has 0 saturated heterocycles. The van der Waals surface area contributed by atoms with Gasteiger partial charge in [0.05, 0.1) is 6.04 Å². The fourth-order valence-electron chi connectivity index (χ4n) is 2.21. The Balaban J connectivity index is 2.22. The monoisotopic (exact) mass is 213 g/mol. The van der Waals surface area contributed by atoms with Crippen LogP contribution in [0, 0.1) is 5.92 Å². The van der Waals surface area contributed by atoms with E-state index in [1.807, 2.05) is 0 Å². The molecule has 1 aliphatic rings. The van der Waals surface area contributed by atoms with E-state index in [9.17, 15) is 4.79 Å². The van der Waals surface area contributed by atoms with Gasteiger partial charge in [-0.1, -0.05) is 19.3 Å². The fraction of sp³-hybridized carbons (Fsp3) is 0.909. The highest BCUT2D eigenvalue weighted by atomic mass is 16.1. The Kier molecular flexibility index (Phi) is 5.05. The highest BCUT2D eigenvalue weighted by molar-refractivity contribution is 5.79. The zero-order chi connectivity index (χ0) is 11.3. The summed E-state index contributed by atoms with van der Waals surface area (Å²) in [4.78, 5) is 10.7. The van der Waals surface area contributed by atoms with Crippen molar-refractivity contribution in [1.29, 1.82) is 0 Å². The summed E-state index contributed by atoms with van der Waals surface area (Å²) < 4.78 is 0. The Labute approximate surface area is 91.8 Å². The fourth-order valence-corrected chi connectivity index (χ4v) is 2.21. The van der Waals surface area contributed by atoms with Gasteiger partial charge in [0.15, 0.2) is 0 Å². The molecule has 0 bridgehead atoms. The van der Waals surface area contributed by atoms with Gasteiger partial charge in [0.1, 0.15) is 0 Å². The molecule has 1 fully saturated rings. The third kappa shape index (κ3) is 4.18. The first-order chi connectivity index (χ1) is 7.11. The third-order valence-electron chi connectivity index (χ3n) is 3.38. The molecule has 1 aliphatic carbocycles. The number of hydrogen-bond acceptors (Lipinski definition) is 3. The van der Waals surface area contributed by atoms with E-state index >= 15 is 0 Å². The van der Waals surface area contributed by atoms with Crippen LogP contribution in [0.1, 0.15) is 39.0 Å². The van der Waals surface area contributed by atoms with Gasteiger partial charge in [-0.25, -0.2) is 0 Å². The van der Waals surface area contributed by atoms with Crippen molar-refractivity contribution in [2.75, 3.05) is 6.54 Å². The van der Waals surface area contributed by atoms with Crippen molar-refractivity contribution in [2.24, 2.45) is 17.4 Å². The van der Waals surface area contributed by atoms with Gasteiger partial charge in [-0.2, -0.15) is 0 Å². The summed E-state index contributed by atoms with van der Waals surface area (Å²) in [5, 5.41) is 3.31. The van der Waals surface area contributed by atoms with E-state index in [0.29, 0.717) is 12.6 Å². The molecule has 1 amide bonds. The molecule has 0 spiro atoms. The Bertz CT molecular complexity index is 202. The molecule has 15 heavy (non-hydrogen) atoms. The Morgan fingerprint density at radius 1 is 1.40 bits per heavy atom. The molecule has 88 valence electrons. The lowest BCUT2D eigenvalue weighted by Gasteiger charge is -2.28. The standard InChI is InChI=1S/C11H23N3O/c1-8(9-5-3-2-4-6-9)14-7-10(12)11(13)15/h8-10,14H,2-7,12H2,1H3,(H2,13,15)/t8-,10?/m0/s1. The zero-order valence-electron chi connectivity index (χ0n) is 9.54. The summed E-state index contributed by atoms with van der Waals surface area (Å²) in [5.41, 5.74) is 10.7. The summed E-state index contributed by atoms with van der Waals surface area (Å²) in [6, 6.07) is -0.119. The summed E-state index contributed by atoms with van der Waals surface area (Å²) >= 11 is 0. The predicted octanol–water partition coefficient (Wildman–Crippen LogP) is 0.357. The lowest BCUT2D eigenvalue weighted by molar-refractivity contribution is -0.119. The Hall–Kier alpha value is -0.610. The molecule has 1 rings (SSSR count). The third-order valence-corrected chi connectivity index (χ3v) is 3.38. The van der Waals surface area contributed by atoms with Crippen LogP contribution in [-0.2, 0) is 4.79 Å². The second-order valence-electron chi connectivity index (χ2n) is 4.60. The van der Waals surface area contributed by atoms with Gasteiger partial charge in [-0.15, -0.1) is 0 Å². The average molecular weight is 213 g/mol. The van der Waals surface area contributed by atoms with Crippen molar-refractivity contribution < 1.29 is 4.79 Å². The maximum absolute atomic E-state index is 10.7. The second kappa shape index (κ2) is 6.08. The summed E-state index contributed by atoms with van der Waals surface area (Å²) in [7, 11) is 0. The zero-order valence-corrected chi connectivity index (χ0v) is 9.54. The minimum atomic E-state index is -0.559. The average Bonchev–Trinajstić information content (AvgIpc) is 2.26. The number of carbonyl (C=O) groups is 1. The molecule has 4 nitrogen and oxygen atoms in total. The molecule has 5 N–H and O–H groups in total. The number of carbonyl (C=O) groups excluding carboxylic acids is 1. The topological polar surface area (TPSA) is 81.1 Å². The lowest BCUT2D eigenvalue weighted by Crippen LogP contribution is -2.48. The summed E-state index contributed by atoms with van der Waals surface area (Å²) in [5.74, 6) is 0.303. The van der Waals surface area contributed by atoms with Crippen LogP contribution < -0.4 is 16.8 Å². The minimum Gasteiger partial charge on any atom is -0.368 e. The van der Waals surface area contributed by atoms with E-state index in [1.54, 1.807) is 0 Å². The van der Waals surface area contributed by atoms with Gasteiger partial charge in [-0.05, 0) is 25.7 Å². The first-order valence-corrected chi connectivity index (χ1v) is 5.89. The van der Waals surface area contributed by atoms with Gasteiger partial charge in [0.25, 0.3) is 0 Å². The number of nitrogens with two attached hydrogens (primary N) is 2. The Morgan fingerprint density at radius 2 is 2.00 bits per heavy atom. The van der Waals surface area contributed by atoms with E-state index in [4.69, 9.17) is 11.5 Å². The quantitative estimate of drug-likeness (QED) is 0.616. The molecule has 0 aromatic heterocycles. The molecule has 0 heterocycles. The molecule has 0 aromatic carbocycles. The first-order valence-electron chi connectivity index (χ1n) is 5.89. The second-order valence-corrected chi connectivity index (χ2v) is 4.60. The molecular weight excluding hydrogens is 190 g/mol. The van der Waals surface area contributed by atoms with E-state index in [1.165, 1.54) is 32.1 Å². The van der Waals surface area contributed by atoms with Crippen molar-refractivity contribution in [2.45, 2.75) is 51.1 Å². The van der Waals surface area contributed by atoms with Crippen molar-refractivity contribution in [3.05, 3.63) is 0 Å². The van der Waals surface area contributed by atoms with Gasteiger partial charge < -0.3 is 16.8 Å². The summed E-state index contributed by atoms with van der Waals surface area (Å²) in [6.45, 7) is 2.66. The van der Waals surface area contributed by atoms with Crippen molar-refractivity contribution >= 4 is 5.91 Å². The first kappa shape index (κ1) is 12.5. The number of hydrogen-bond donors (Lipinski definition) is 3. The van der Waals surface area contributed by atoms with Crippen LogP contribution in [0.4, 0.5) is 0 Å². The normalized spacial score (nSPS) is 22.3. The number of nitrogens with one attached hydrogen (secondary N) is 1.